The molecule has 3 amide bonds. The van der Waals surface area contributed by atoms with Crippen LogP contribution >= 0.6 is 21.6 Å². The van der Waals surface area contributed by atoms with Gasteiger partial charge in [-0.25, -0.2) is 9.37 Å². The van der Waals surface area contributed by atoms with Crippen molar-refractivity contribution in [2.45, 2.75) is 42.6 Å². The second-order valence-corrected chi connectivity index (χ2v) is 14.3. The van der Waals surface area contributed by atoms with E-state index in [-0.39, 0.29) is 41.3 Å². The van der Waals surface area contributed by atoms with E-state index in [9.17, 15) is 25.9 Å². The molecule has 2 fully saturated rings. The summed E-state index contributed by atoms with van der Waals surface area (Å²) in [6.45, 7) is 1.64. The minimum atomic E-state index is -1.76. The van der Waals surface area contributed by atoms with E-state index in [2.05, 4.69) is 15.3 Å². The summed E-state index contributed by atoms with van der Waals surface area (Å²) < 4.78 is 41.4. The monoisotopic (exact) mass is 720 g/mol. The van der Waals surface area contributed by atoms with Crippen LogP contribution in [0.15, 0.2) is 89.4 Å². The SMILES string of the molecule is [2H]C1([2H])C(C(=O)Nc2ccc(CC3=C(C(N)=O)C=CC([2H])(N4CCN(C(=O)CCSSc5ccc([N+](=O)[O-])cn5)CC4)C3)c(F)c2)C1c1cccnc1. The number of hydrogen-bond donors (Lipinski definition) is 2. The Kier molecular flexibility index (Phi) is 10.0. The summed E-state index contributed by atoms with van der Waals surface area (Å²) in [6.07, 6.45) is 6.03. The Morgan fingerprint density at radius 3 is 2.66 bits per heavy atom. The molecular formula is C35H36FN7O5S2. The van der Waals surface area contributed by atoms with E-state index < -0.39 is 46.8 Å². The Balaban J connectivity index is 1.01. The van der Waals surface area contributed by atoms with Gasteiger partial charge in [-0.3, -0.25) is 34.4 Å². The third-order valence-corrected chi connectivity index (χ3v) is 10.9. The molecule has 3 aromatic rings. The molecule has 15 heteroatoms. The first kappa shape index (κ1) is 31.4. The molecule has 2 aromatic heterocycles. The lowest BCUT2D eigenvalue weighted by atomic mass is 9.88. The van der Waals surface area contributed by atoms with Crippen molar-refractivity contribution in [3.05, 3.63) is 111 Å². The summed E-state index contributed by atoms with van der Waals surface area (Å²) >= 11 is 0. The van der Waals surface area contributed by atoms with Crippen LogP contribution in [0.4, 0.5) is 15.8 Å². The van der Waals surface area contributed by atoms with Gasteiger partial charge in [0.25, 0.3) is 5.69 Å². The van der Waals surface area contributed by atoms with Crippen molar-refractivity contribution in [1.82, 2.24) is 19.8 Å². The molecule has 0 radical (unpaired) electrons. The molecule has 3 aliphatic rings. The number of nitrogens with zero attached hydrogens (tertiary/aromatic N) is 5. The fourth-order valence-electron chi connectivity index (χ4n) is 5.90. The third kappa shape index (κ3) is 8.76. The number of hydrogen-bond acceptors (Lipinski definition) is 10. The maximum Gasteiger partial charge on any atom is 0.287 e. The van der Waals surface area contributed by atoms with Crippen LogP contribution in [-0.4, -0.2) is 80.4 Å². The lowest BCUT2D eigenvalue weighted by Gasteiger charge is -2.39. The van der Waals surface area contributed by atoms with Crippen molar-refractivity contribution in [2.24, 2.45) is 11.7 Å². The van der Waals surface area contributed by atoms with E-state index in [1.807, 2.05) is 4.90 Å². The van der Waals surface area contributed by atoms with Crippen molar-refractivity contribution >= 4 is 50.7 Å². The van der Waals surface area contributed by atoms with E-state index in [0.717, 1.165) is 6.07 Å². The zero-order valence-corrected chi connectivity index (χ0v) is 28.4. The van der Waals surface area contributed by atoms with Gasteiger partial charge < -0.3 is 16.0 Å². The summed E-state index contributed by atoms with van der Waals surface area (Å²) in [6, 6.07) is 9.25. The van der Waals surface area contributed by atoms with Gasteiger partial charge in [-0.1, -0.05) is 40.7 Å². The number of carbonyl (C=O) groups excluding carboxylic acids is 3. The number of aromatic nitrogens is 2. The molecule has 1 saturated carbocycles. The number of halogens is 1. The topological polar surface area (TPSA) is 165 Å². The van der Waals surface area contributed by atoms with Gasteiger partial charge in [0.05, 0.1) is 6.29 Å². The fraction of sp³-hybridized carbons (Fsp3) is 0.343. The van der Waals surface area contributed by atoms with Gasteiger partial charge in [0, 0.05) is 82.8 Å². The van der Waals surface area contributed by atoms with Crippen LogP contribution in [-0.2, 0) is 20.8 Å². The second-order valence-electron chi connectivity index (χ2n) is 11.9. The number of pyridine rings is 2. The Morgan fingerprint density at radius 1 is 1.16 bits per heavy atom. The second kappa shape index (κ2) is 16.0. The largest absolute Gasteiger partial charge is 0.366 e. The number of nitrogens with two attached hydrogens (primary N) is 1. The number of amides is 3. The number of rotatable bonds is 13. The normalized spacial score (nSPS) is 23.8. The number of anilines is 1. The zero-order valence-electron chi connectivity index (χ0n) is 29.8. The van der Waals surface area contributed by atoms with Gasteiger partial charge in [-0.15, -0.1) is 0 Å². The predicted molar refractivity (Wildman–Crippen MR) is 190 cm³/mol. The standard InChI is InChI=1S/C35H36FN7O5S2/c36-31-18-25(40-35(46)30-19-29(30)23-2-1-10-38-20-23)4-3-22(31)16-24-17-26(5-7-28(24)34(37)45)41-11-13-42(14-12-41)33(44)9-15-49-50-32-8-6-27(21-39-32)43(47)48/h1-8,10,18,20-21,26,29-30H,9,11-17,19H2,(H2,37,45)(H,40,46)/i19D2,26D. The van der Waals surface area contributed by atoms with Crippen molar-refractivity contribution in [3.8, 4) is 0 Å². The molecule has 6 rings (SSSR count). The quantitative estimate of drug-likeness (QED) is 0.108. The van der Waals surface area contributed by atoms with Crippen LogP contribution in [0, 0.1) is 21.8 Å². The van der Waals surface area contributed by atoms with Crippen LogP contribution in [0.1, 0.15) is 40.4 Å². The average Bonchev–Trinajstić information content (AvgIpc) is 3.73. The molecule has 12 nitrogen and oxygen atoms in total. The van der Waals surface area contributed by atoms with E-state index in [1.165, 1.54) is 58.3 Å². The number of benzene rings is 1. The lowest BCUT2D eigenvalue weighted by Crippen LogP contribution is -2.52. The maximum atomic E-state index is 15.5. The van der Waals surface area contributed by atoms with Crippen LogP contribution in [0.2, 0.25) is 0 Å². The van der Waals surface area contributed by atoms with E-state index in [0.29, 0.717) is 54.5 Å². The van der Waals surface area contributed by atoms with Crippen molar-refractivity contribution in [3.63, 3.8) is 0 Å². The van der Waals surface area contributed by atoms with Crippen molar-refractivity contribution in [1.29, 1.82) is 0 Å². The Morgan fingerprint density at radius 2 is 1.98 bits per heavy atom. The molecule has 3 atom stereocenters. The highest BCUT2D eigenvalue weighted by atomic mass is 33.1. The molecule has 0 bridgehead atoms. The van der Waals surface area contributed by atoms with Crippen molar-refractivity contribution < 1.29 is 27.8 Å². The van der Waals surface area contributed by atoms with Crippen LogP contribution in [0.25, 0.3) is 0 Å². The minimum Gasteiger partial charge on any atom is -0.366 e. The molecule has 0 spiro atoms. The smallest absolute Gasteiger partial charge is 0.287 e. The summed E-state index contributed by atoms with van der Waals surface area (Å²) in [5, 5.41) is 14.0. The molecule has 50 heavy (non-hydrogen) atoms. The molecule has 1 saturated heterocycles. The first-order valence-corrected chi connectivity index (χ1v) is 18.2. The Bertz CT molecular complexity index is 1970. The molecule has 2 aliphatic carbocycles. The van der Waals surface area contributed by atoms with E-state index >= 15 is 4.39 Å². The van der Waals surface area contributed by atoms with Crippen molar-refractivity contribution in [2.75, 3.05) is 37.2 Å². The van der Waals surface area contributed by atoms with Crippen LogP contribution in [0.5, 0.6) is 0 Å². The van der Waals surface area contributed by atoms with Crippen LogP contribution < -0.4 is 11.1 Å². The number of nitrogens with one attached hydrogen (secondary N) is 1. The maximum absolute atomic E-state index is 15.5. The highest BCUT2D eigenvalue weighted by molar-refractivity contribution is 8.76. The highest BCUT2D eigenvalue weighted by Crippen LogP contribution is 2.47. The molecular weight excluding hydrogens is 682 g/mol. The van der Waals surface area contributed by atoms with Gasteiger partial charge in [-0.05, 0) is 71.3 Å². The number of piperazine rings is 1. The molecule has 1 aromatic carbocycles. The molecule has 1 aliphatic heterocycles. The Labute approximate surface area is 300 Å². The van der Waals surface area contributed by atoms with Gasteiger partial charge >= 0.3 is 0 Å². The van der Waals surface area contributed by atoms with Gasteiger partial charge in [-0.2, -0.15) is 0 Å². The molecule has 3 unspecified atom stereocenters. The number of carbonyl (C=O) groups is 3. The van der Waals surface area contributed by atoms with Gasteiger partial charge in [0.2, 0.25) is 17.7 Å². The molecule has 3 heterocycles. The fourth-order valence-corrected chi connectivity index (χ4v) is 7.73. The molecule has 3 N–H and O–H groups in total. The van der Waals surface area contributed by atoms with E-state index in [1.54, 1.807) is 35.4 Å². The minimum absolute atomic E-state index is 0.00108. The first-order chi connectivity index (χ1) is 25.3. The lowest BCUT2D eigenvalue weighted by molar-refractivity contribution is -0.385. The van der Waals surface area contributed by atoms with Gasteiger partial charge in [0.1, 0.15) is 17.0 Å². The predicted octanol–water partition coefficient (Wildman–Crippen LogP) is 4.89. The third-order valence-electron chi connectivity index (χ3n) is 8.63. The van der Waals surface area contributed by atoms with Crippen LogP contribution in [0.3, 0.4) is 0 Å². The number of primary amides is 1. The average molecular weight is 721 g/mol. The summed E-state index contributed by atoms with van der Waals surface area (Å²) in [7, 11) is 2.77. The molecule has 260 valence electrons. The first-order valence-electron chi connectivity index (χ1n) is 17.4. The summed E-state index contributed by atoms with van der Waals surface area (Å²) in [5.41, 5.74) is 7.30. The van der Waals surface area contributed by atoms with E-state index in [4.69, 9.17) is 8.48 Å². The Hall–Kier alpha value is -4.60. The van der Waals surface area contributed by atoms with Gasteiger partial charge in [0.15, 0.2) is 0 Å². The summed E-state index contributed by atoms with van der Waals surface area (Å²) in [4.78, 5) is 60.3. The number of nitro groups is 1. The summed E-state index contributed by atoms with van der Waals surface area (Å²) in [5.74, 6) is -3.01. The highest BCUT2D eigenvalue weighted by Gasteiger charge is 2.44. The zero-order chi connectivity index (χ0) is 37.9.